The third-order valence-electron chi connectivity index (χ3n) is 2.81. The number of halogens is 3. The van der Waals surface area contributed by atoms with Gasteiger partial charge in [-0.05, 0) is 6.07 Å². The fraction of sp³-hybridized carbons (Fsp3) is 0.167. The minimum Gasteiger partial charge on any atom is -0.278 e. The summed E-state index contributed by atoms with van der Waals surface area (Å²) >= 11 is 11.7. The van der Waals surface area contributed by atoms with Gasteiger partial charge in [0.15, 0.2) is 5.82 Å². The van der Waals surface area contributed by atoms with Gasteiger partial charge < -0.3 is 0 Å². The van der Waals surface area contributed by atoms with Gasteiger partial charge in [0.1, 0.15) is 11.6 Å². The molecule has 0 atom stereocenters. The molecule has 0 bridgehead atoms. The average Bonchev–Trinajstić information content (AvgIpc) is 2.93. The number of alkyl halides is 1. The van der Waals surface area contributed by atoms with E-state index in [0.717, 1.165) is 0 Å². The van der Waals surface area contributed by atoms with Crippen molar-refractivity contribution in [2.24, 2.45) is 7.05 Å². The fourth-order valence-electron chi connectivity index (χ4n) is 1.99. The molecular weight excluding hydrogens is 290 g/mol. The van der Waals surface area contributed by atoms with Crippen molar-refractivity contribution < 1.29 is 4.39 Å². The predicted molar refractivity (Wildman–Crippen MR) is 72.4 cm³/mol. The van der Waals surface area contributed by atoms with Crippen molar-refractivity contribution in [3.63, 3.8) is 0 Å². The first-order valence-electron chi connectivity index (χ1n) is 5.52. The number of fused-ring (bicyclic) bond motifs is 1. The van der Waals surface area contributed by atoms with E-state index in [1.54, 1.807) is 9.25 Å². The zero-order valence-electron chi connectivity index (χ0n) is 9.94. The Morgan fingerprint density at radius 1 is 1.37 bits per heavy atom. The van der Waals surface area contributed by atoms with Crippen LogP contribution in [-0.2, 0) is 12.9 Å². The van der Waals surface area contributed by atoms with Crippen LogP contribution in [0.25, 0.3) is 16.9 Å². The molecule has 2 heterocycles. The summed E-state index contributed by atoms with van der Waals surface area (Å²) in [6.07, 6.45) is 1.81. The van der Waals surface area contributed by atoms with E-state index in [-0.39, 0.29) is 10.9 Å². The van der Waals surface area contributed by atoms with Crippen molar-refractivity contribution >= 4 is 34.2 Å². The Morgan fingerprint density at radius 2 is 2.16 bits per heavy atom. The highest BCUT2D eigenvalue weighted by Gasteiger charge is 2.15. The number of imidazole rings is 1. The van der Waals surface area contributed by atoms with E-state index in [1.807, 2.05) is 19.3 Å². The lowest BCUT2D eigenvalue weighted by molar-refractivity contribution is 0.630. The van der Waals surface area contributed by atoms with E-state index >= 15 is 0 Å². The Kier molecular flexibility index (Phi) is 2.95. The van der Waals surface area contributed by atoms with Crippen LogP contribution in [0.3, 0.4) is 0 Å². The molecule has 7 heteroatoms. The summed E-state index contributed by atoms with van der Waals surface area (Å²) < 4.78 is 16.9. The standard InChI is InChI=1S/C12H9Cl2FN4/c1-18-3-2-11(17-18)19-10-4-7(14)8(15)5-9(10)16-12(19)6-13/h2-5H,6H2,1H3. The number of aromatic nitrogens is 4. The van der Waals surface area contributed by atoms with Crippen molar-refractivity contribution in [1.82, 2.24) is 19.3 Å². The van der Waals surface area contributed by atoms with Crippen LogP contribution in [0.2, 0.25) is 5.02 Å². The summed E-state index contributed by atoms with van der Waals surface area (Å²) in [6, 6.07) is 4.66. The van der Waals surface area contributed by atoms with Crippen LogP contribution in [0, 0.1) is 5.82 Å². The van der Waals surface area contributed by atoms with Crippen LogP contribution in [0.15, 0.2) is 24.4 Å². The predicted octanol–water partition coefficient (Wildman–Crippen LogP) is 3.29. The molecule has 1 aromatic carbocycles. The molecule has 0 saturated heterocycles. The highest BCUT2D eigenvalue weighted by atomic mass is 35.5. The average molecular weight is 299 g/mol. The molecule has 0 aliphatic heterocycles. The summed E-state index contributed by atoms with van der Waals surface area (Å²) in [7, 11) is 1.82. The van der Waals surface area contributed by atoms with Crippen LogP contribution >= 0.6 is 23.2 Å². The lowest BCUT2D eigenvalue weighted by Crippen LogP contribution is -2.01. The minimum atomic E-state index is -0.499. The third-order valence-corrected chi connectivity index (χ3v) is 3.34. The molecule has 98 valence electrons. The highest BCUT2D eigenvalue weighted by molar-refractivity contribution is 6.31. The molecule has 0 aliphatic rings. The maximum atomic E-state index is 13.5. The maximum Gasteiger partial charge on any atom is 0.160 e. The number of hydrogen-bond acceptors (Lipinski definition) is 2. The number of rotatable bonds is 2. The van der Waals surface area contributed by atoms with Gasteiger partial charge in [0.25, 0.3) is 0 Å². The van der Waals surface area contributed by atoms with Crippen molar-refractivity contribution in [3.05, 3.63) is 41.1 Å². The van der Waals surface area contributed by atoms with Gasteiger partial charge in [0.2, 0.25) is 0 Å². The van der Waals surface area contributed by atoms with E-state index < -0.39 is 5.82 Å². The second-order valence-corrected chi connectivity index (χ2v) is 4.77. The van der Waals surface area contributed by atoms with Gasteiger partial charge in [-0.1, -0.05) is 11.6 Å². The Morgan fingerprint density at radius 3 is 2.79 bits per heavy atom. The van der Waals surface area contributed by atoms with Crippen LogP contribution in [0.4, 0.5) is 4.39 Å². The molecule has 0 radical (unpaired) electrons. The van der Waals surface area contributed by atoms with Gasteiger partial charge in [-0.25, -0.2) is 9.37 Å². The molecule has 0 fully saturated rings. The molecule has 19 heavy (non-hydrogen) atoms. The monoisotopic (exact) mass is 298 g/mol. The second kappa shape index (κ2) is 4.51. The lowest BCUT2D eigenvalue weighted by atomic mass is 10.3. The zero-order valence-corrected chi connectivity index (χ0v) is 11.5. The SMILES string of the molecule is Cn1ccc(-n2c(CCl)nc3cc(F)c(Cl)cc32)n1. The highest BCUT2D eigenvalue weighted by Crippen LogP contribution is 2.26. The Labute approximate surface area is 118 Å². The van der Waals surface area contributed by atoms with Gasteiger partial charge in [-0.2, -0.15) is 5.10 Å². The molecule has 0 saturated carbocycles. The minimum absolute atomic E-state index is 0.0469. The summed E-state index contributed by atoms with van der Waals surface area (Å²) in [5.74, 6) is 0.964. The van der Waals surface area contributed by atoms with Crippen LogP contribution in [0.5, 0.6) is 0 Å². The Balaban J connectivity index is 2.35. The van der Waals surface area contributed by atoms with E-state index in [1.165, 1.54) is 12.1 Å². The normalized spacial score (nSPS) is 11.4. The number of benzene rings is 1. The Bertz CT molecular complexity index is 763. The smallest absolute Gasteiger partial charge is 0.160 e. The first-order valence-corrected chi connectivity index (χ1v) is 6.44. The lowest BCUT2D eigenvalue weighted by Gasteiger charge is -2.03. The van der Waals surface area contributed by atoms with Crippen molar-refractivity contribution in [3.8, 4) is 5.82 Å². The van der Waals surface area contributed by atoms with E-state index in [4.69, 9.17) is 23.2 Å². The van der Waals surface area contributed by atoms with Crippen molar-refractivity contribution in [1.29, 1.82) is 0 Å². The molecule has 3 rings (SSSR count). The number of aryl methyl sites for hydroxylation is 1. The number of hydrogen-bond donors (Lipinski definition) is 0. The van der Waals surface area contributed by atoms with Crippen molar-refractivity contribution in [2.45, 2.75) is 5.88 Å². The third kappa shape index (κ3) is 1.99. The maximum absolute atomic E-state index is 13.5. The molecular formula is C12H9Cl2FN4. The van der Waals surface area contributed by atoms with Crippen molar-refractivity contribution in [2.75, 3.05) is 0 Å². The Hall–Kier alpha value is -1.59. The van der Waals surface area contributed by atoms with Gasteiger partial charge in [-0.3, -0.25) is 9.25 Å². The molecule has 0 spiro atoms. The summed E-state index contributed by atoms with van der Waals surface area (Å²) in [4.78, 5) is 4.30. The van der Waals surface area contributed by atoms with Gasteiger partial charge in [0.05, 0.1) is 21.9 Å². The van der Waals surface area contributed by atoms with Crippen LogP contribution in [0.1, 0.15) is 5.82 Å². The van der Waals surface area contributed by atoms with E-state index in [2.05, 4.69) is 10.1 Å². The molecule has 0 aliphatic carbocycles. The molecule has 4 nitrogen and oxygen atoms in total. The molecule has 0 N–H and O–H groups in total. The second-order valence-electron chi connectivity index (χ2n) is 4.10. The molecule has 0 amide bonds. The fourth-order valence-corrected chi connectivity index (χ4v) is 2.33. The summed E-state index contributed by atoms with van der Waals surface area (Å²) in [5, 5.41) is 4.36. The van der Waals surface area contributed by atoms with Gasteiger partial charge in [-0.15, -0.1) is 11.6 Å². The van der Waals surface area contributed by atoms with E-state index in [9.17, 15) is 4.39 Å². The van der Waals surface area contributed by atoms with Gasteiger partial charge >= 0.3 is 0 Å². The zero-order chi connectivity index (χ0) is 13.6. The molecule has 3 aromatic rings. The number of nitrogens with zero attached hydrogens (tertiary/aromatic N) is 4. The first-order chi connectivity index (χ1) is 9.10. The van der Waals surface area contributed by atoms with Crippen LogP contribution in [-0.4, -0.2) is 19.3 Å². The molecule has 0 unspecified atom stereocenters. The summed E-state index contributed by atoms with van der Waals surface area (Å²) in [5.41, 5.74) is 1.18. The summed E-state index contributed by atoms with van der Waals surface area (Å²) in [6.45, 7) is 0. The van der Waals surface area contributed by atoms with E-state index in [0.29, 0.717) is 22.7 Å². The molecule has 2 aromatic heterocycles. The largest absolute Gasteiger partial charge is 0.278 e. The first kappa shape index (κ1) is 12.4. The van der Waals surface area contributed by atoms with Crippen LogP contribution < -0.4 is 0 Å². The van der Waals surface area contributed by atoms with Gasteiger partial charge in [0, 0.05) is 25.4 Å². The quantitative estimate of drug-likeness (QED) is 0.681. The topological polar surface area (TPSA) is 35.6 Å².